The van der Waals surface area contributed by atoms with Gasteiger partial charge < -0.3 is 71.9 Å². The maximum atomic E-state index is 13.5. The fourth-order valence-corrected chi connectivity index (χ4v) is 14.1. The minimum atomic E-state index is -0.524. The van der Waals surface area contributed by atoms with Crippen LogP contribution in [-0.2, 0) is 9.47 Å². The van der Waals surface area contributed by atoms with Crippen molar-refractivity contribution in [2.45, 2.75) is 169 Å². The van der Waals surface area contributed by atoms with Crippen molar-refractivity contribution in [3.05, 3.63) is 185 Å². The third kappa shape index (κ3) is 22.3. The second-order valence-electron chi connectivity index (χ2n) is 31.5. The quantitative estimate of drug-likeness (QED) is 0.0430. The third-order valence-corrected chi connectivity index (χ3v) is 20.1. The Bertz CT molecular complexity index is 5250. The molecule has 115 heavy (non-hydrogen) atoms. The van der Waals surface area contributed by atoms with Crippen LogP contribution < -0.4 is 47.4 Å². The number of rotatable bonds is 16. The molecule has 11 N–H and O–H groups in total. The maximum absolute atomic E-state index is 13.5. The highest BCUT2D eigenvalue weighted by atomic mass is 79.9. The van der Waals surface area contributed by atoms with Gasteiger partial charge in [-0.3, -0.25) is 0 Å². The number of amides is 2. The zero-order chi connectivity index (χ0) is 81.0. The van der Waals surface area contributed by atoms with Gasteiger partial charge in [0.15, 0.2) is 17.5 Å². The first kappa shape index (κ1) is 84.9. The van der Waals surface area contributed by atoms with E-state index in [0.29, 0.717) is 23.3 Å². The maximum Gasteiger partial charge on any atom is 0.407 e. The number of nitrogens with zero attached hydrogens (tertiary/aromatic N) is 11. The number of benzene rings is 3. The van der Waals surface area contributed by atoms with Crippen molar-refractivity contribution < 1.29 is 32.2 Å². The van der Waals surface area contributed by atoms with Crippen molar-refractivity contribution in [1.29, 1.82) is 0 Å². The summed E-state index contributed by atoms with van der Waals surface area (Å²) in [7, 11) is 0. The molecule has 12 aromatic rings. The molecule has 30 heteroatoms. The predicted octanol–water partition coefficient (Wildman–Crippen LogP) is 18.9. The summed E-state index contributed by atoms with van der Waals surface area (Å²) < 4.78 is 51.6. The highest BCUT2D eigenvalue weighted by Crippen LogP contribution is 2.40. The summed E-state index contributed by atoms with van der Waals surface area (Å²) in [5.74, 6) is 3.54. The Balaban J connectivity index is 0.000000158. The predicted molar refractivity (Wildman–Crippen MR) is 457 cm³/mol. The molecule has 3 aliphatic heterocycles. The highest BCUT2D eigenvalue weighted by Gasteiger charge is 2.29. The number of anilines is 8. The molecule has 3 aliphatic rings. The fraction of sp³-hybridized carbons (Fsp3) is 0.376. The number of hydrogen-bond donors (Lipinski definition) is 10. The molecule has 12 heterocycles. The van der Waals surface area contributed by atoms with Crippen molar-refractivity contribution in [1.82, 2.24) is 75.8 Å². The molecule has 0 bridgehead atoms. The van der Waals surface area contributed by atoms with E-state index < -0.39 is 11.2 Å². The Labute approximate surface area is 682 Å². The lowest BCUT2D eigenvalue weighted by Crippen LogP contribution is -2.46. The number of nitrogens with two attached hydrogens (primary N) is 1. The minimum absolute atomic E-state index is 0. The van der Waals surface area contributed by atoms with Crippen molar-refractivity contribution in [3.63, 3.8) is 0 Å². The van der Waals surface area contributed by atoms with Crippen LogP contribution in [0, 0.1) is 17.5 Å². The van der Waals surface area contributed by atoms with E-state index in [1.165, 1.54) is 36.4 Å². The largest absolute Gasteiger partial charge is 0.444 e. The second kappa shape index (κ2) is 38.0. The Morgan fingerprint density at radius 1 is 0.470 bits per heavy atom. The lowest BCUT2D eigenvalue weighted by molar-refractivity contribution is 0.0484. The van der Waals surface area contributed by atoms with Gasteiger partial charge in [0.2, 0.25) is 0 Å². The average molecular weight is 1650 g/mol. The van der Waals surface area contributed by atoms with Gasteiger partial charge in [0.1, 0.15) is 63.0 Å². The molecule has 0 aliphatic carbocycles. The van der Waals surface area contributed by atoms with Crippen molar-refractivity contribution in [3.8, 4) is 34.2 Å². The number of piperidine rings is 3. The number of aromatic amines is 3. The van der Waals surface area contributed by atoms with E-state index in [1.807, 2.05) is 96.9 Å². The number of aromatic nitrogens is 12. The number of carbonyl (C=O) groups excluding carboxylic acids is 2. The lowest BCUT2D eigenvalue weighted by atomic mass is 10.0. The van der Waals surface area contributed by atoms with Gasteiger partial charge in [-0.1, -0.05) is 41.5 Å². The Morgan fingerprint density at radius 2 is 0.791 bits per heavy atom. The highest BCUT2D eigenvalue weighted by molar-refractivity contribution is 9.10. The van der Waals surface area contributed by atoms with E-state index >= 15 is 0 Å². The van der Waals surface area contributed by atoms with Gasteiger partial charge in [0.05, 0.1) is 44.6 Å². The second-order valence-corrected chi connectivity index (χ2v) is 32.3. The molecule has 3 aromatic carbocycles. The van der Waals surface area contributed by atoms with E-state index in [-0.39, 0.29) is 77.9 Å². The standard InChI is InChI=1S/C30H36FN7O2.C25H28FN7.C20H17BrFN5.C10H20N2O2.ClH/c1-18(2)22-16-33-26(19-6-8-20(31)9-7-19)37-27(22)36-23-10-13-32-28-25(23)24(17-34-28)38-14-11-21(12-15-38)35-29(39)40-30(3,4)5;1-15(2)19-13-29-23(16-3-5-17(26)6-4-16)32-24(19)31-20-7-10-28-25-22(20)21(14-30-25)33-11-8-18(27)9-12-33;1-11(2)14-9-24-18(12-3-5-13(22)6-4-12)27-19(14)26-16-7-8-23-20-17(16)15(21)10-25-20;1-10(2,3)14-9(13)12-8-4-6-11-7-5-8;/h6-10,13,16-18,21H,11-12,14-15H2,1-5H3,(H,35,39)(H2,32,33,34,36,37);3-7,10,13-15,18H,8-9,11-12,27H2,1-2H3,(H2,28,29,30,31,32);3-11H,1-2H3,(H2,23,24,25,26,27);8,11H,4-7H2,1-3H3,(H,12,13);1H. The number of nitrogens with one attached hydrogen (secondary N) is 9. The van der Waals surface area contributed by atoms with Crippen molar-refractivity contribution in [2.75, 3.05) is 65.0 Å². The number of carbonyl (C=O) groups is 2. The summed E-state index contributed by atoms with van der Waals surface area (Å²) in [5, 5.41) is 22.6. The molecule has 9 aromatic heterocycles. The SMILES string of the molecule is CC(C)(C)OC(=O)NC1CCNCC1.CC(C)c1cnc(-c2ccc(F)cc2)nc1Nc1ccnc2[nH]cc(Br)c12.CC(C)c1cnc(-c2ccc(F)cc2)nc1Nc1ccnc2[nH]cc(N3CCC(N)CC3)c12.CC(C)c1cnc(-c2ccc(F)cc2)nc1Nc1ccnc2[nH]cc(N3CCC(NC(=O)OC(C)(C)C)CC3)c12.Cl. The van der Waals surface area contributed by atoms with Gasteiger partial charge in [0, 0.05) is 138 Å². The fourth-order valence-electron chi connectivity index (χ4n) is 13.6. The summed E-state index contributed by atoms with van der Waals surface area (Å²) >= 11 is 3.56. The smallest absolute Gasteiger partial charge is 0.407 e. The van der Waals surface area contributed by atoms with Crippen molar-refractivity contribution in [2.24, 2.45) is 5.73 Å². The van der Waals surface area contributed by atoms with Gasteiger partial charge in [0.25, 0.3) is 0 Å². The van der Waals surface area contributed by atoms with Crippen LogP contribution in [0.25, 0.3) is 67.3 Å². The first-order chi connectivity index (χ1) is 54.6. The molecule has 2 amide bonds. The number of halogens is 5. The van der Waals surface area contributed by atoms with Crippen LogP contribution >= 0.6 is 28.3 Å². The van der Waals surface area contributed by atoms with Crippen LogP contribution in [0.2, 0.25) is 0 Å². The topological polar surface area (TPSA) is 321 Å². The van der Waals surface area contributed by atoms with Crippen molar-refractivity contribution >= 4 is 120 Å². The molecule has 0 radical (unpaired) electrons. The molecule has 15 rings (SSSR count). The monoisotopic (exact) mass is 1650 g/mol. The summed E-state index contributed by atoms with van der Waals surface area (Å²) in [6.07, 6.45) is 21.5. The van der Waals surface area contributed by atoms with Gasteiger partial charge in [-0.05, 0) is 218 Å². The zero-order valence-corrected chi connectivity index (χ0v) is 69.3. The normalized spacial score (nSPS) is 14.3. The van der Waals surface area contributed by atoms with E-state index in [4.69, 9.17) is 30.2 Å². The van der Waals surface area contributed by atoms with E-state index in [0.717, 1.165) is 189 Å². The first-order valence-corrected chi connectivity index (χ1v) is 39.5. The number of alkyl carbamates (subject to hydrolysis) is 2. The van der Waals surface area contributed by atoms with Gasteiger partial charge in [-0.15, -0.1) is 12.4 Å². The van der Waals surface area contributed by atoms with Crippen LogP contribution in [0.1, 0.15) is 156 Å². The molecule has 0 unspecified atom stereocenters. The third-order valence-electron chi connectivity index (χ3n) is 19.5. The lowest BCUT2D eigenvalue weighted by Gasteiger charge is -2.34. The molecule has 3 fully saturated rings. The summed E-state index contributed by atoms with van der Waals surface area (Å²) in [6, 6.07) is 25.0. The van der Waals surface area contributed by atoms with Crippen LogP contribution in [0.5, 0.6) is 0 Å². The molecular weight excluding hydrogens is 1550 g/mol. The van der Waals surface area contributed by atoms with Gasteiger partial charge >= 0.3 is 12.2 Å². The molecule has 0 spiro atoms. The van der Waals surface area contributed by atoms with E-state index in [2.05, 4.69) is 144 Å². The van der Waals surface area contributed by atoms with E-state index in [9.17, 15) is 22.8 Å². The van der Waals surface area contributed by atoms with Crippen LogP contribution in [0.15, 0.2) is 151 Å². The molecular formula is C85H102BrClF3N21O4. The summed E-state index contributed by atoms with van der Waals surface area (Å²) in [4.78, 5) is 79.4. The molecule has 0 saturated carbocycles. The van der Waals surface area contributed by atoms with Gasteiger partial charge in [-0.25, -0.2) is 67.6 Å². The molecule has 3 saturated heterocycles. The Morgan fingerprint density at radius 3 is 1.14 bits per heavy atom. The Hall–Kier alpha value is -11.0. The van der Waals surface area contributed by atoms with Gasteiger partial charge in [-0.2, -0.15) is 0 Å². The molecule has 0 atom stereocenters. The first-order valence-electron chi connectivity index (χ1n) is 38.8. The summed E-state index contributed by atoms with van der Waals surface area (Å²) in [6.45, 7) is 29.1. The number of hydrogen-bond acceptors (Lipinski definition) is 20. The average Bonchev–Trinajstić information content (AvgIpc) is 1.69. The summed E-state index contributed by atoms with van der Waals surface area (Å²) in [5.41, 5.74) is 17.7. The van der Waals surface area contributed by atoms with E-state index in [1.54, 1.807) is 55.0 Å². The molecule has 25 nitrogen and oxygen atoms in total. The van der Waals surface area contributed by atoms with Crippen LogP contribution in [-0.4, -0.2) is 141 Å². The number of pyridine rings is 3. The Kier molecular flexibility index (Phi) is 28.0. The minimum Gasteiger partial charge on any atom is -0.444 e. The number of H-pyrrole nitrogens is 3. The number of ether oxygens (including phenoxy) is 2. The number of fused-ring (bicyclic) bond motifs is 3. The van der Waals surface area contributed by atoms with Crippen LogP contribution in [0.3, 0.4) is 0 Å². The molecule has 606 valence electrons. The van der Waals surface area contributed by atoms with Crippen LogP contribution in [0.4, 0.5) is 68.7 Å². The zero-order valence-electron chi connectivity index (χ0n) is 66.9.